The summed E-state index contributed by atoms with van der Waals surface area (Å²) in [7, 11) is 0. The van der Waals surface area contributed by atoms with Crippen LogP contribution in [0.15, 0.2) is 29.6 Å². The third-order valence-corrected chi connectivity index (χ3v) is 4.12. The van der Waals surface area contributed by atoms with Crippen LogP contribution in [0.1, 0.15) is 5.01 Å². The van der Waals surface area contributed by atoms with E-state index in [1.807, 2.05) is 12.3 Å². The third-order valence-electron chi connectivity index (χ3n) is 2.80. The number of thiazole rings is 1. The normalized spacial score (nSPS) is 10.9. The van der Waals surface area contributed by atoms with Crippen molar-refractivity contribution in [3.63, 3.8) is 0 Å². The van der Waals surface area contributed by atoms with Gasteiger partial charge in [-0.3, -0.25) is 0 Å². The highest BCUT2D eigenvalue weighted by Gasteiger charge is 2.16. The second-order valence-corrected chi connectivity index (χ2v) is 6.04. The monoisotopic (exact) mass is 339 g/mol. The molecule has 0 bridgehead atoms. The van der Waals surface area contributed by atoms with Gasteiger partial charge in [0.25, 0.3) is 0 Å². The van der Waals surface area contributed by atoms with Crippen LogP contribution in [0.2, 0.25) is 10.3 Å². The van der Waals surface area contributed by atoms with Gasteiger partial charge in [0.05, 0.1) is 10.6 Å². The Kier molecular flexibility index (Phi) is 3.89. The summed E-state index contributed by atoms with van der Waals surface area (Å²) in [6.07, 6.45) is 0. The van der Waals surface area contributed by atoms with E-state index in [-0.39, 0.29) is 16.1 Å². The Morgan fingerprint density at radius 2 is 1.62 bits per heavy atom. The lowest BCUT2D eigenvalue weighted by Crippen LogP contribution is -1.95. The van der Waals surface area contributed by atoms with Crippen molar-refractivity contribution in [2.24, 2.45) is 0 Å². The highest BCUT2D eigenvalue weighted by molar-refractivity contribution is 7.09. The smallest absolute Gasteiger partial charge is 0.181 e. The van der Waals surface area contributed by atoms with Crippen molar-refractivity contribution < 1.29 is 4.39 Å². The molecule has 0 aliphatic carbocycles. The number of halogens is 3. The SMILES string of the molecule is Cc1nc(-c2nc(Cl)c(-c3ccc(F)cc3)c(Cl)n2)cs1. The van der Waals surface area contributed by atoms with Gasteiger partial charge in [0.1, 0.15) is 21.8 Å². The minimum Gasteiger partial charge on any atom is -0.238 e. The van der Waals surface area contributed by atoms with Gasteiger partial charge in [-0.1, -0.05) is 35.3 Å². The van der Waals surface area contributed by atoms with Crippen LogP contribution in [0.3, 0.4) is 0 Å². The van der Waals surface area contributed by atoms with Gasteiger partial charge in [0.15, 0.2) is 5.82 Å². The molecule has 21 heavy (non-hydrogen) atoms. The van der Waals surface area contributed by atoms with Crippen molar-refractivity contribution in [3.8, 4) is 22.6 Å². The molecule has 1 aromatic carbocycles. The first-order valence-electron chi connectivity index (χ1n) is 5.96. The molecule has 0 fully saturated rings. The minimum absolute atomic E-state index is 0.210. The Labute approximate surface area is 134 Å². The van der Waals surface area contributed by atoms with E-state index in [1.165, 1.54) is 23.5 Å². The maximum absolute atomic E-state index is 13.0. The molecule has 0 spiro atoms. The molecule has 3 rings (SSSR count). The largest absolute Gasteiger partial charge is 0.238 e. The van der Waals surface area contributed by atoms with Gasteiger partial charge >= 0.3 is 0 Å². The maximum Gasteiger partial charge on any atom is 0.181 e. The number of aryl methyl sites for hydroxylation is 1. The highest BCUT2D eigenvalue weighted by atomic mass is 35.5. The molecule has 0 saturated heterocycles. The van der Waals surface area contributed by atoms with Crippen molar-refractivity contribution in [1.82, 2.24) is 15.0 Å². The Hall–Kier alpha value is -1.56. The first-order valence-corrected chi connectivity index (χ1v) is 7.59. The molecule has 0 atom stereocenters. The van der Waals surface area contributed by atoms with Crippen LogP contribution in [0.25, 0.3) is 22.6 Å². The molecule has 0 aliphatic heterocycles. The van der Waals surface area contributed by atoms with Crippen LogP contribution in [0, 0.1) is 12.7 Å². The van der Waals surface area contributed by atoms with Gasteiger partial charge in [0, 0.05) is 5.38 Å². The fourth-order valence-electron chi connectivity index (χ4n) is 1.84. The molecular weight excluding hydrogens is 332 g/mol. The van der Waals surface area contributed by atoms with Crippen molar-refractivity contribution >= 4 is 34.5 Å². The lowest BCUT2D eigenvalue weighted by molar-refractivity contribution is 0.628. The molecule has 0 radical (unpaired) electrons. The number of hydrogen-bond acceptors (Lipinski definition) is 4. The van der Waals surface area contributed by atoms with E-state index in [2.05, 4.69) is 15.0 Å². The van der Waals surface area contributed by atoms with E-state index >= 15 is 0 Å². The predicted molar refractivity (Wildman–Crippen MR) is 83.3 cm³/mol. The molecule has 0 N–H and O–H groups in total. The average molecular weight is 340 g/mol. The average Bonchev–Trinajstić information content (AvgIpc) is 2.87. The standard InChI is InChI=1S/C14H8Cl2FN3S/c1-7-18-10(6-21-7)14-19-12(15)11(13(16)20-14)8-2-4-9(17)5-3-8/h2-6H,1H3. The first kappa shape index (κ1) is 14.4. The number of hydrogen-bond donors (Lipinski definition) is 0. The molecule has 3 aromatic rings. The van der Waals surface area contributed by atoms with Gasteiger partial charge in [-0.25, -0.2) is 19.3 Å². The quantitative estimate of drug-likeness (QED) is 0.615. The second-order valence-electron chi connectivity index (χ2n) is 4.26. The van der Waals surface area contributed by atoms with Crippen LogP contribution in [0.5, 0.6) is 0 Å². The van der Waals surface area contributed by atoms with Gasteiger partial charge < -0.3 is 0 Å². The van der Waals surface area contributed by atoms with Crippen LogP contribution < -0.4 is 0 Å². The zero-order chi connectivity index (χ0) is 15.0. The van der Waals surface area contributed by atoms with Gasteiger partial charge in [-0.15, -0.1) is 11.3 Å². The fraction of sp³-hybridized carbons (Fsp3) is 0.0714. The van der Waals surface area contributed by atoms with Crippen molar-refractivity contribution in [1.29, 1.82) is 0 Å². The zero-order valence-electron chi connectivity index (χ0n) is 10.8. The lowest BCUT2D eigenvalue weighted by Gasteiger charge is -2.07. The summed E-state index contributed by atoms with van der Waals surface area (Å²) in [6.45, 7) is 1.89. The first-order chi connectivity index (χ1) is 10.0. The predicted octanol–water partition coefficient (Wildman–Crippen LogP) is 5.02. The number of aromatic nitrogens is 3. The van der Waals surface area contributed by atoms with Gasteiger partial charge in [0.2, 0.25) is 0 Å². The molecule has 2 aromatic heterocycles. The maximum atomic E-state index is 13.0. The van der Waals surface area contributed by atoms with E-state index in [4.69, 9.17) is 23.2 Å². The number of benzene rings is 1. The molecule has 3 nitrogen and oxygen atoms in total. The third kappa shape index (κ3) is 2.90. The summed E-state index contributed by atoms with van der Waals surface area (Å²) in [5, 5.41) is 3.17. The molecule has 0 saturated carbocycles. The summed E-state index contributed by atoms with van der Waals surface area (Å²) < 4.78 is 13.0. The van der Waals surface area contributed by atoms with Crippen LogP contribution in [-0.2, 0) is 0 Å². The van der Waals surface area contributed by atoms with Crippen LogP contribution >= 0.6 is 34.5 Å². The van der Waals surface area contributed by atoms with E-state index in [0.29, 0.717) is 22.6 Å². The topological polar surface area (TPSA) is 38.7 Å². The van der Waals surface area contributed by atoms with Gasteiger partial charge in [-0.2, -0.15) is 0 Å². The Bertz CT molecular complexity index is 779. The second kappa shape index (κ2) is 5.67. The summed E-state index contributed by atoms with van der Waals surface area (Å²) in [5.41, 5.74) is 1.77. The Balaban J connectivity index is 2.10. The summed E-state index contributed by atoms with van der Waals surface area (Å²) >= 11 is 13.9. The molecule has 0 amide bonds. The van der Waals surface area contributed by atoms with Crippen LogP contribution in [-0.4, -0.2) is 15.0 Å². The minimum atomic E-state index is -0.332. The molecular formula is C14H8Cl2FN3S. The fourth-order valence-corrected chi connectivity index (χ4v) is 3.04. The van der Waals surface area contributed by atoms with Crippen molar-refractivity contribution in [3.05, 3.63) is 50.8 Å². The van der Waals surface area contributed by atoms with Crippen LogP contribution in [0.4, 0.5) is 4.39 Å². The summed E-state index contributed by atoms with van der Waals surface area (Å²) in [5.74, 6) is 0.0432. The van der Waals surface area contributed by atoms with Crippen molar-refractivity contribution in [2.45, 2.75) is 6.92 Å². The molecule has 2 heterocycles. The van der Waals surface area contributed by atoms with E-state index in [9.17, 15) is 4.39 Å². The molecule has 7 heteroatoms. The Morgan fingerprint density at radius 3 is 2.14 bits per heavy atom. The summed E-state index contributed by atoms with van der Waals surface area (Å²) in [6, 6.07) is 5.83. The molecule has 0 aliphatic rings. The highest BCUT2D eigenvalue weighted by Crippen LogP contribution is 2.34. The summed E-state index contributed by atoms with van der Waals surface area (Å²) in [4.78, 5) is 12.8. The Morgan fingerprint density at radius 1 is 1.00 bits per heavy atom. The van der Waals surface area contributed by atoms with E-state index in [0.717, 1.165) is 5.01 Å². The number of nitrogens with zero attached hydrogens (tertiary/aromatic N) is 3. The van der Waals surface area contributed by atoms with Gasteiger partial charge in [-0.05, 0) is 24.6 Å². The zero-order valence-corrected chi connectivity index (χ0v) is 13.1. The molecule has 0 unspecified atom stereocenters. The van der Waals surface area contributed by atoms with E-state index < -0.39 is 0 Å². The van der Waals surface area contributed by atoms with E-state index in [1.54, 1.807) is 12.1 Å². The van der Waals surface area contributed by atoms with Crippen molar-refractivity contribution in [2.75, 3.05) is 0 Å². The molecule has 106 valence electrons. The number of rotatable bonds is 2. The lowest BCUT2D eigenvalue weighted by atomic mass is 10.1.